The van der Waals surface area contributed by atoms with Crippen molar-refractivity contribution in [3.8, 4) is 12.3 Å². The highest BCUT2D eigenvalue weighted by Gasteiger charge is 2.21. The first-order valence-electron chi connectivity index (χ1n) is 3.75. The van der Waals surface area contributed by atoms with Crippen molar-refractivity contribution in [2.24, 2.45) is 4.99 Å². The molecule has 1 aromatic rings. The molecule has 1 aromatic carbocycles. The quantitative estimate of drug-likeness (QED) is 0.569. The highest BCUT2D eigenvalue weighted by Crippen LogP contribution is 2.50. The third-order valence-corrected chi connectivity index (χ3v) is 3.13. The summed E-state index contributed by atoms with van der Waals surface area (Å²) < 4.78 is 21.4. The first-order chi connectivity index (χ1) is 6.63. The normalized spacial score (nSPS) is 18.9. The van der Waals surface area contributed by atoms with E-state index < -0.39 is 10.8 Å². The van der Waals surface area contributed by atoms with E-state index in [2.05, 4.69) is 22.0 Å². The fourth-order valence-electron chi connectivity index (χ4n) is 1.14. The molecule has 1 radical (unpaired) electrons. The molecule has 0 aromatic heterocycles. The molecule has 14 heavy (non-hydrogen) atoms. The van der Waals surface area contributed by atoms with Crippen LogP contribution in [0, 0.1) is 12.3 Å². The van der Waals surface area contributed by atoms with Crippen LogP contribution in [-0.2, 0) is 0 Å². The van der Waals surface area contributed by atoms with Gasteiger partial charge in [0.25, 0.3) is 0 Å². The second-order valence-corrected chi connectivity index (χ2v) is 4.44. The molecule has 0 saturated heterocycles. The molecule has 0 aliphatic carbocycles. The molecule has 71 valence electrons. The van der Waals surface area contributed by atoms with Crippen molar-refractivity contribution in [3.05, 3.63) is 23.8 Å². The number of nitrogens with one attached hydrogen (secondary N) is 1. The van der Waals surface area contributed by atoms with Gasteiger partial charge in [-0.05, 0) is 18.2 Å². The highest BCUT2D eigenvalue weighted by atomic mass is 32.3. The Morgan fingerprint density at radius 2 is 2.29 bits per heavy atom. The molecule has 1 heterocycles. The minimum atomic E-state index is -2.99. The molecule has 3 N–H and O–H groups in total. The Morgan fingerprint density at radius 1 is 1.50 bits per heavy atom. The molecule has 5 heteroatoms. The Labute approximate surface area is 83.2 Å². The Morgan fingerprint density at radius 3 is 3.00 bits per heavy atom. The molecule has 0 spiro atoms. The number of nitrogens with zero attached hydrogens (tertiary/aromatic N) is 1. The monoisotopic (exact) mass is 207 g/mol. The molecule has 0 saturated carbocycles. The third-order valence-electron chi connectivity index (χ3n) is 1.80. The first-order valence-corrected chi connectivity index (χ1v) is 5.29. The number of hydrogen-bond acceptors (Lipinski definition) is 4. The van der Waals surface area contributed by atoms with Gasteiger partial charge in [-0.15, -0.1) is 6.42 Å². The van der Waals surface area contributed by atoms with Gasteiger partial charge in [-0.1, -0.05) is 16.7 Å². The standard InChI is InChI=1S/C9H7N2O2S/c1-2-7-3-4-9-8(5-7)10-6-11-14(9,12)13/h1,3-5,12-13H,(H,10,11). The van der Waals surface area contributed by atoms with E-state index >= 15 is 0 Å². The maximum atomic E-state index is 9.54. The highest BCUT2D eigenvalue weighted by molar-refractivity contribution is 8.23. The van der Waals surface area contributed by atoms with E-state index in [-0.39, 0.29) is 0 Å². The molecular formula is C9H7N2O2S. The molecule has 0 amide bonds. The van der Waals surface area contributed by atoms with Gasteiger partial charge < -0.3 is 0 Å². The smallest absolute Gasteiger partial charge is 0.190 e. The van der Waals surface area contributed by atoms with Gasteiger partial charge in [0, 0.05) is 5.56 Å². The lowest BCUT2D eigenvalue weighted by Gasteiger charge is -2.34. The van der Waals surface area contributed by atoms with Gasteiger partial charge in [-0.25, -0.2) is 4.99 Å². The summed E-state index contributed by atoms with van der Waals surface area (Å²) in [5.74, 6) is 2.44. The minimum Gasteiger partial charge on any atom is -0.278 e. The van der Waals surface area contributed by atoms with Crippen molar-refractivity contribution in [1.29, 1.82) is 0 Å². The Bertz CT molecular complexity index is 449. The van der Waals surface area contributed by atoms with Gasteiger partial charge in [0.1, 0.15) is 4.90 Å². The van der Waals surface area contributed by atoms with Gasteiger partial charge >= 0.3 is 0 Å². The van der Waals surface area contributed by atoms with Crippen molar-refractivity contribution < 1.29 is 9.11 Å². The minimum absolute atomic E-state index is 0.343. The molecule has 0 atom stereocenters. The molecular weight excluding hydrogens is 200 g/mol. The van der Waals surface area contributed by atoms with Gasteiger partial charge in [0.05, 0.1) is 5.69 Å². The maximum Gasteiger partial charge on any atom is 0.190 e. The fraction of sp³-hybridized carbons (Fsp3) is 0. The second kappa shape index (κ2) is 3.03. The van der Waals surface area contributed by atoms with Gasteiger partial charge in [-0.2, -0.15) is 0 Å². The van der Waals surface area contributed by atoms with E-state index in [1.807, 2.05) is 0 Å². The topological polar surface area (TPSA) is 64.9 Å². The van der Waals surface area contributed by atoms with Crippen LogP contribution in [0.25, 0.3) is 0 Å². The van der Waals surface area contributed by atoms with Crippen LogP contribution in [0.5, 0.6) is 0 Å². The van der Waals surface area contributed by atoms with Crippen LogP contribution >= 0.6 is 10.8 Å². The Balaban J connectivity index is 2.60. The van der Waals surface area contributed by atoms with Crippen molar-refractivity contribution in [3.63, 3.8) is 0 Å². The molecule has 2 rings (SSSR count). The van der Waals surface area contributed by atoms with Crippen LogP contribution in [0.1, 0.15) is 5.56 Å². The van der Waals surface area contributed by atoms with E-state index in [9.17, 15) is 9.11 Å². The summed E-state index contributed by atoms with van der Waals surface area (Å²) in [7, 11) is -2.99. The van der Waals surface area contributed by atoms with E-state index in [4.69, 9.17) is 6.42 Å². The summed E-state index contributed by atoms with van der Waals surface area (Å²) in [6.45, 7) is 0. The van der Waals surface area contributed by atoms with Crippen molar-refractivity contribution >= 4 is 22.8 Å². The second-order valence-electron chi connectivity index (χ2n) is 2.70. The number of terminal acetylenes is 1. The zero-order valence-electron chi connectivity index (χ0n) is 7.06. The van der Waals surface area contributed by atoms with Crippen LogP contribution in [-0.4, -0.2) is 15.4 Å². The van der Waals surface area contributed by atoms with E-state index in [0.717, 1.165) is 0 Å². The largest absolute Gasteiger partial charge is 0.278 e. The zero-order valence-corrected chi connectivity index (χ0v) is 7.88. The number of aliphatic imine (C=N–C) groups is 1. The number of rotatable bonds is 0. The predicted molar refractivity (Wildman–Crippen MR) is 55.7 cm³/mol. The fourth-order valence-corrected chi connectivity index (χ4v) is 2.07. The summed E-state index contributed by atoms with van der Waals surface area (Å²) >= 11 is 0. The molecule has 1 aliphatic heterocycles. The third kappa shape index (κ3) is 1.36. The molecule has 1 aliphatic rings. The van der Waals surface area contributed by atoms with Crippen LogP contribution in [0.3, 0.4) is 0 Å². The molecule has 0 fully saturated rings. The first kappa shape index (κ1) is 9.09. The Kier molecular flexibility index (Phi) is 1.97. The van der Waals surface area contributed by atoms with Gasteiger partial charge in [0.2, 0.25) is 0 Å². The lowest BCUT2D eigenvalue weighted by molar-refractivity contribution is 0.481. The SMILES string of the molecule is C#Cc1ccc2c(c1)N=[C]NS2(O)O. The van der Waals surface area contributed by atoms with E-state index in [0.29, 0.717) is 16.1 Å². The van der Waals surface area contributed by atoms with Gasteiger partial charge in [0.15, 0.2) is 6.34 Å². The molecule has 4 nitrogen and oxygen atoms in total. The maximum absolute atomic E-state index is 9.54. The van der Waals surface area contributed by atoms with Crippen LogP contribution in [0.4, 0.5) is 5.69 Å². The average Bonchev–Trinajstić information content (AvgIpc) is 2.16. The number of hydrogen-bond donors (Lipinski definition) is 3. The van der Waals surface area contributed by atoms with E-state index in [1.165, 1.54) is 0 Å². The lowest BCUT2D eigenvalue weighted by atomic mass is 10.2. The van der Waals surface area contributed by atoms with E-state index in [1.54, 1.807) is 18.2 Å². The summed E-state index contributed by atoms with van der Waals surface area (Å²) in [5, 5.41) is 0. The Hall–Kier alpha value is -1.48. The summed E-state index contributed by atoms with van der Waals surface area (Å²) in [5.41, 5.74) is 1.09. The van der Waals surface area contributed by atoms with Crippen LogP contribution in [0.2, 0.25) is 0 Å². The zero-order chi connectivity index (χ0) is 10.2. The predicted octanol–water partition coefficient (Wildman–Crippen LogP) is 1.83. The van der Waals surface area contributed by atoms with Crippen molar-refractivity contribution in [1.82, 2.24) is 4.72 Å². The van der Waals surface area contributed by atoms with Gasteiger partial charge in [-0.3, -0.25) is 13.8 Å². The van der Waals surface area contributed by atoms with Crippen LogP contribution < -0.4 is 4.72 Å². The van der Waals surface area contributed by atoms with Crippen molar-refractivity contribution in [2.75, 3.05) is 0 Å². The molecule has 0 bridgehead atoms. The average molecular weight is 207 g/mol. The number of benzene rings is 1. The number of fused-ring (bicyclic) bond motifs is 1. The van der Waals surface area contributed by atoms with Crippen molar-refractivity contribution in [2.45, 2.75) is 4.90 Å². The lowest BCUT2D eigenvalue weighted by Crippen LogP contribution is -2.21. The summed E-state index contributed by atoms with van der Waals surface area (Å²) in [6, 6.07) is 4.80. The summed E-state index contributed by atoms with van der Waals surface area (Å²) in [6.07, 6.45) is 7.53. The summed E-state index contributed by atoms with van der Waals surface area (Å²) in [4.78, 5) is 4.18. The molecule has 0 unspecified atom stereocenters. The van der Waals surface area contributed by atoms with Crippen LogP contribution in [0.15, 0.2) is 28.1 Å².